The highest BCUT2D eigenvalue weighted by Crippen LogP contribution is 2.20. The Morgan fingerprint density at radius 2 is 2.00 bits per heavy atom. The number of hydrogen-bond donors (Lipinski definition) is 3. The second-order valence-electron chi connectivity index (χ2n) is 5.67. The Kier molecular flexibility index (Phi) is 7.16. The Morgan fingerprint density at radius 1 is 1.36 bits per heavy atom. The van der Waals surface area contributed by atoms with Gasteiger partial charge in [-0.25, -0.2) is 17.6 Å². The van der Waals surface area contributed by atoms with E-state index in [1.807, 2.05) is 0 Å². The normalized spacial score (nSPS) is 12.3. The lowest BCUT2D eigenvalue weighted by Crippen LogP contribution is -2.36. The van der Waals surface area contributed by atoms with Crippen LogP contribution >= 0.6 is 0 Å². The Bertz CT molecular complexity index is 739. The van der Waals surface area contributed by atoms with Crippen LogP contribution in [0.2, 0.25) is 0 Å². The molecule has 0 saturated carbocycles. The average molecular weight is 375 g/mol. The predicted molar refractivity (Wildman–Crippen MR) is 92.5 cm³/mol. The number of carbonyl (C=O) groups is 2. The molecule has 8 nitrogen and oxygen atoms in total. The quantitative estimate of drug-likeness (QED) is 0.644. The van der Waals surface area contributed by atoms with Crippen LogP contribution < -0.4 is 10.0 Å². The molecule has 140 valence electrons. The standard InChI is InChI=1S/C15H22FN3O5S/c1-4-7-25(23,24)18-11-5-6-13(12(16)8-11)17-15(22)19(3)9-10(2)14(20)21/h5-6,8,10,18H,4,7,9H2,1-3H3,(H,17,22)(H,20,21). The summed E-state index contributed by atoms with van der Waals surface area (Å²) in [6, 6.07) is 2.84. The lowest BCUT2D eigenvalue weighted by molar-refractivity contribution is -0.141. The number of nitrogens with zero attached hydrogens (tertiary/aromatic N) is 1. The Labute approximate surface area is 146 Å². The molecule has 1 aromatic carbocycles. The van der Waals surface area contributed by atoms with Crippen LogP contribution in [0.25, 0.3) is 0 Å². The molecule has 0 aliphatic carbocycles. The molecule has 0 aliphatic rings. The lowest BCUT2D eigenvalue weighted by Gasteiger charge is -2.20. The van der Waals surface area contributed by atoms with Gasteiger partial charge in [-0.15, -0.1) is 0 Å². The molecule has 0 radical (unpaired) electrons. The molecule has 0 bridgehead atoms. The molecule has 0 saturated heterocycles. The fourth-order valence-electron chi connectivity index (χ4n) is 1.96. The number of anilines is 2. The first-order valence-corrected chi connectivity index (χ1v) is 9.26. The van der Waals surface area contributed by atoms with Crippen LogP contribution in [0.1, 0.15) is 20.3 Å². The number of hydrogen-bond acceptors (Lipinski definition) is 4. The first-order valence-electron chi connectivity index (χ1n) is 7.60. The summed E-state index contributed by atoms with van der Waals surface area (Å²) in [4.78, 5) is 23.9. The summed E-state index contributed by atoms with van der Waals surface area (Å²) in [5.74, 6) is -2.71. The number of aliphatic carboxylic acids is 1. The van der Waals surface area contributed by atoms with E-state index in [0.717, 1.165) is 11.0 Å². The van der Waals surface area contributed by atoms with Crippen LogP contribution in [0, 0.1) is 11.7 Å². The molecule has 0 fully saturated rings. The summed E-state index contributed by atoms with van der Waals surface area (Å²) in [5.41, 5.74) is -0.0879. The Hall–Kier alpha value is -2.36. The van der Waals surface area contributed by atoms with Gasteiger partial charge in [0.1, 0.15) is 5.82 Å². The Morgan fingerprint density at radius 3 is 2.52 bits per heavy atom. The van der Waals surface area contributed by atoms with Gasteiger partial charge in [0.25, 0.3) is 0 Å². The minimum Gasteiger partial charge on any atom is -0.481 e. The maximum Gasteiger partial charge on any atom is 0.321 e. The van der Waals surface area contributed by atoms with E-state index in [-0.39, 0.29) is 23.7 Å². The van der Waals surface area contributed by atoms with Gasteiger partial charge < -0.3 is 15.3 Å². The van der Waals surface area contributed by atoms with Gasteiger partial charge >= 0.3 is 12.0 Å². The van der Waals surface area contributed by atoms with E-state index < -0.39 is 33.8 Å². The highest BCUT2D eigenvalue weighted by atomic mass is 32.2. The van der Waals surface area contributed by atoms with Crippen molar-refractivity contribution in [1.82, 2.24) is 4.90 Å². The van der Waals surface area contributed by atoms with Crippen molar-refractivity contribution in [3.05, 3.63) is 24.0 Å². The van der Waals surface area contributed by atoms with Gasteiger partial charge in [0.05, 0.1) is 23.0 Å². The Balaban J connectivity index is 2.77. The fourth-order valence-corrected chi connectivity index (χ4v) is 3.09. The van der Waals surface area contributed by atoms with Crippen molar-refractivity contribution < 1.29 is 27.5 Å². The molecule has 1 rings (SSSR count). The number of sulfonamides is 1. The third-order valence-electron chi connectivity index (χ3n) is 3.27. The second kappa shape index (κ2) is 8.65. The average Bonchev–Trinajstić information content (AvgIpc) is 2.49. The van der Waals surface area contributed by atoms with E-state index in [2.05, 4.69) is 10.0 Å². The molecule has 0 spiro atoms. The minimum absolute atomic E-state index is 0.0440. The number of urea groups is 1. The summed E-state index contributed by atoms with van der Waals surface area (Å²) in [5, 5.41) is 11.1. The summed E-state index contributed by atoms with van der Waals surface area (Å²) in [6.45, 7) is 3.11. The zero-order valence-corrected chi connectivity index (χ0v) is 15.1. The molecule has 0 aliphatic heterocycles. The van der Waals surface area contributed by atoms with Crippen LogP contribution in [-0.4, -0.2) is 49.8 Å². The summed E-state index contributed by atoms with van der Waals surface area (Å²) >= 11 is 0. The SMILES string of the molecule is CCCS(=O)(=O)Nc1ccc(NC(=O)N(C)CC(C)C(=O)O)c(F)c1. The summed E-state index contributed by atoms with van der Waals surface area (Å²) in [6.07, 6.45) is 0.424. The summed E-state index contributed by atoms with van der Waals surface area (Å²) < 4.78 is 39.6. The van der Waals surface area contributed by atoms with Gasteiger partial charge in [0.15, 0.2) is 0 Å². The summed E-state index contributed by atoms with van der Waals surface area (Å²) in [7, 11) is -2.15. The molecule has 1 aromatic rings. The number of benzene rings is 1. The third kappa shape index (κ3) is 6.57. The molecule has 3 N–H and O–H groups in total. The van der Waals surface area contributed by atoms with Gasteiger partial charge in [-0.3, -0.25) is 9.52 Å². The zero-order valence-electron chi connectivity index (χ0n) is 14.2. The van der Waals surface area contributed by atoms with Gasteiger partial charge in [0, 0.05) is 19.7 Å². The van der Waals surface area contributed by atoms with E-state index >= 15 is 0 Å². The number of rotatable bonds is 8. The molecule has 1 atom stereocenters. The van der Waals surface area contributed by atoms with E-state index in [1.165, 1.54) is 26.1 Å². The van der Waals surface area contributed by atoms with Gasteiger partial charge in [-0.2, -0.15) is 0 Å². The number of halogens is 1. The fraction of sp³-hybridized carbons (Fsp3) is 0.467. The maximum atomic E-state index is 14.1. The second-order valence-corrected chi connectivity index (χ2v) is 7.51. The molecular formula is C15H22FN3O5S. The van der Waals surface area contributed by atoms with Crippen molar-refractivity contribution in [1.29, 1.82) is 0 Å². The van der Waals surface area contributed by atoms with E-state index in [9.17, 15) is 22.4 Å². The molecule has 0 aromatic heterocycles. The highest BCUT2D eigenvalue weighted by Gasteiger charge is 2.18. The maximum absolute atomic E-state index is 14.1. The third-order valence-corrected chi connectivity index (χ3v) is 4.77. The molecule has 0 heterocycles. The smallest absolute Gasteiger partial charge is 0.321 e. The minimum atomic E-state index is -3.54. The van der Waals surface area contributed by atoms with Crippen LogP contribution in [0.4, 0.5) is 20.6 Å². The molecule has 2 amide bonds. The highest BCUT2D eigenvalue weighted by molar-refractivity contribution is 7.92. The number of nitrogens with one attached hydrogen (secondary N) is 2. The largest absolute Gasteiger partial charge is 0.481 e. The van der Waals surface area contributed by atoms with E-state index in [1.54, 1.807) is 6.92 Å². The zero-order chi connectivity index (χ0) is 19.2. The van der Waals surface area contributed by atoms with Crippen LogP contribution in [0.15, 0.2) is 18.2 Å². The van der Waals surface area contributed by atoms with Crippen molar-refractivity contribution >= 4 is 33.4 Å². The number of carboxylic acids is 1. The van der Waals surface area contributed by atoms with Gasteiger partial charge in [-0.05, 0) is 18.6 Å². The van der Waals surface area contributed by atoms with Crippen LogP contribution in [0.3, 0.4) is 0 Å². The number of amides is 2. The molecule has 10 heteroatoms. The topological polar surface area (TPSA) is 116 Å². The molecule has 1 unspecified atom stereocenters. The van der Waals surface area contributed by atoms with Crippen molar-refractivity contribution in [3.8, 4) is 0 Å². The van der Waals surface area contributed by atoms with Crippen molar-refractivity contribution in [3.63, 3.8) is 0 Å². The first kappa shape index (κ1) is 20.7. The number of carboxylic acid groups (broad SMARTS) is 1. The van der Waals surface area contributed by atoms with Crippen molar-refractivity contribution in [2.45, 2.75) is 20.3 Å². The van der Waals surface area contributed by atoms with Gasteiger partial charge in [-0.1, -0.05) is 13.8 Å². The first-order chi connectivity index (χ1) is 11.6. The predicted octanol–water partition coefficient (Wildman–Crippen LogP) is 2.16. The molecule has 25 heavy (non-hydrogen) atoms. The van der Waals surface area contributed by atoms with Crippen molar-refractivity contribution in [2.75, 3.05) is 29.4 Å². The van der Waals surface area contributed by atoms with Crippen LogP contribution in [-0.2, 0) is 14.8 Å². The number of carbonyl (C=O) groups excluding carboxylic acids is 1. The van der Waals surface area contributed by atoms with Crippen molar-refractivity contribution in [2.24, 2.45) is 5.92 Å². The van der Waals surface area contributed by atoms with Gasteiger partial charge in [0.2, 0.25) is 10.0 Å². The van der Waals surface area contributed by atoms with Crippen LogP contribution in [0.5, 0.6) is 0 Å². The van der Waals surface area contributed by atoms with E-state index in [4.69, 9.17) is 5.11 Å². The monoisotopic (exact) mass is 375 g/mol. The lowest BCUT2D eigenvalue weighted by atomic mass is 10.2. The van der Waals surface area contributed by atoms with E-state index in [0.29, 0.717) is 6.42 Å². The molecular weight excluding hydrogens is 353 g/mol.